The maximum Gasteiger partial charge on any atom is 0.409 e. The van der Waals surface area contributed by atoms with Crippen molar-refractivity contribution in [2.24, 2.45) is 11.7 Å². The second kappa shape index (κ2) is 7.31. The van der Waals surface area contributed by atoms with E-state index in [4.69, 9.17) is 22.1 Å². The van der Waals surface area contributed by atoms with Crippen molar-refractivity contribution in [2.75, 3.05) is 19.7 Å². The number of halogens is 1. The molecule has 0 aliphatic carbocycles. The molecule has 1 heterocycles. The minimum Gasteiger partial charge on any atom is -0.449 e. The van der Waals surface area contributed by atoms with Crippen LogP contribution in [-0.4, -0.2) is 36.6 Å². The lowest BCUT2D eigenvalue weighted by atomic mass is 9.97. The summed E-state index contributed by atoms with van der Waals surface area (Å²) >= 11 is 5.81. The molecule has 1 aromatic carbocycles. The zero-order chi connectivity index (χ0) is 15.2. The Labute approximate surface area is 129 Å². The first kappa shape index (κ1) is 15.6. The molecule has 0 atom stereocenters. The highest BCUT2D eigenvalue weighted by atomic mass is 35.5. The fraction of sp³-hybridized carbons (Fsp3) is 0.467. The molecule has 0 unspecified atom stereocenters. The number of piperidine rings is 1. The largest absolute Gasteiger partial charge is 0.449 e. The van der Waals surface area contributed by atoms with Gasteiger partial charge in [-0.15, -0.1) is 0 Å². The predicted octanol–water partition coefficient (Wildman–Crippen LogP) is 2.22. The first-order valence-electron chi connectivity index (χ1n) is 7.01. The van der Waals surface area contributed by atoms with Crippen LogP contribution in [0.5, 0.6) is 0 Å². The van der Waals surface area contributed by atoms with E-state index in [2.05, 4.69) is 0 Å². The van der Waals surface area contributed by atoms with Crippen LogP contribution in [0.2, 0.25) is 5.02 Å². The van der Waals surface area contributed by atoms with Crippen molar-refractivity contribution in [1.82, 2.24) is 4.90 Å². The lowest BCUT2D eigenvalue weighted by molar-refractivity contribution is -0.123. The number of benzene rings is 1. The van der Waals surface area contributed by atoms with Gasteiger partial charge in [-0.25, -0.2) is 4.79 Å². The molecule has 0 saturated carbocycles. The van der Waals surface area contributed by atoms with Crippen molar-refractivity contribution in [2.45, 2.75) is 19.3 Å². The summed E-state index contributed by atoms with van der Waals surface area (Å²) in [6, 6.07) is 7.45. The van der Waals surface area contributed by atoms with Gasteiger partial charge in [0.25, 0.3) is 0 Å². The summed E-state index contributed by atoms with van der Waals surface area (Å²) in [4.78, 5) is 24.6. The lowest BCUT2D eigenvalue weighted by Crippen LogP contribution is -2.42. The number of ether oxygens (including phenoxy) is 1. The zero-order valence-corrected chi connectivity index (χ0v) is 12.5. The number of rotatable bonds is 4. The molecular formula is C15H19ClN2O3. The fourth-order valence-corrected chi connectivity index (χ4v) is 2.47. The predicted molar refractivity (Wildman–Crippen MR) is 80.0 cm³/mol. The maximum absolute atomic E-state index is 11.9. The Bertz CT molecular complexity index is 496. The van der Waals surface area contributed by atoms with Crippen LogP contribution >= 0.6 is 11.6 Å². The van der Waals surface area contributed by atoms with Gasteiger partial charge in [-0.1, -0.05) is 23.7 Å². The summed E-state index contributed by atoms with van der Waals surface area (Å²) in [6.45, 7) is 1.37. The molecule has 0 spiro atoms. The summed E-state index contributed by atoms with van der Waals surface area (Å²) in [7, 11) is 0. The number of nitrogens with zero attached hydrogens (tertiary/aromatic N) is 1. The monoisotopic (exact) mass is 310 g/mol. The molecule has 21 heavy (non-hydrogen) atoms. The molecule has 2 N–H and O–H groups in total. The van der Waals surface area contributed by atoms with Crippen LogP contribution in [0, 0.1) is 5.92 Å². The molecule has 114 valence electrons. The van der Waals surface area contributed by atoms with Crippen LogP contribution in [0.15, 0.2) is 24.3 Å². The molecule has 2 amide bonds. The highest BCUT2D eigenvalue weighted by molar-refractivity contribution is 6.30. The summed E-state index contributed by atoms with van der Waals surface area (Å²) in [6.07, 6.45) is 1.55. The smallest absolute Gasteiger partial charge is 0.409 e. The van der Waals surface area contributed by atoms with Gasteiger partial charge in [-0.3, -0.25) is 4.79 Å². The zero-order valence-electron chi connectivity index (χ0n) is 11.8. The Hall–Kier alpha value is -1.75. The van der Waals surface area contributed by atoms with Crippen molar-refractivity contribution in [3.63, 3.8) is 0 Å². The average molecular weight is 311 g/mol. The van der Waals surface area contributed by atoms with Crippen LogP contribution < -0.4 is 5.73 Å². The molecule has 1 fully saturated rings. The number of likely N-dealkylation sites (tertiary alicyclic amines) is 1. The number of nitrogens with two attached hydrogens (primary N) is 1. The Kier molecular flexibility index (Phi) is 5.44. The standard InChI is InChI=1S/C15H19ClN2O3/c16-13-3-1-11(2-4-13)7-10-21-15(20)18-8-5-12(6-9-18)14(17)19/h1-4,12H,5-10H2,(H2,17,19). The summed E-state index contributed by atoms with van der Waals surface area (Å²) in [5, 5.41) is 0.688. The van der Waals surface area contributed by atoms with Crippen LogP contribution in [0.4, 0.5) is 4.79 Å². The third kappa shape index (κ3) is 4.63. The third-order valence-electron chi connectivity index (χ3n) is 3.69. The maximum atomic E-state index is 11.9. The van der Waals surface area contributed by atoms with Crippen molar-refractivity contribution in [3.05, 3.63) is 34.9 Å². The second-order valence-electron chi connectivity index (χ2n) is 5.15. The number of hydrogen-bond donors (Lipinski definition) is 1. The van der Waals surface area contributed by atoms with E-state index in [1.165, 1.54) is 0 Å². The molecule has 0 bridgehead atoms. The molecule has 6 heteroatoms. The van der Waals surface area contributed by atoms with E-state index in [0.29, 0.717) is 44.0 Å². The highest BCUT2D eigenvalue weighted by Gasteiger charge is 2.26. The Morgan fingerprint density at radius 1 is 1.24 bits per heavy atom. The molecule has 5 nitrogen and oxygen atoms in total. The van der Waals surface area contributed by atoms with Gasteiger partial charge in [0.1, 0.15) is 0 Å². The minimum absolute atomic E-state index is 0.122. The number of carbonyl (C=O) groups is 2. The first-order chi connectivity index (χ1) is 10.1. The van der Waals surface area contributed by atoms with Gasteiger partial charge < -0.3 is 15.4 Å². The summed E-state index contributed by atoms with van der Waals surface area (Å²) < 4.78 is 5.25. The number of amides is 2. The van der Waals surface area contributed by atoms with Gasteiger partial charge in [0.15, 0.2) is 0 Å². The van der Waals surface area contributed by atoms with E-state index in [9.17, 15) is 9.59 Å². The molecule has 1 aliphatic rings. The van der Waals surface area contributed by atoms with Crippen molar-refractivity contribution in [1.29, 1.82) is 0 Å². The Morgan fingerprint density at radius 2 is 1.86 bits per heavy atom. The summed E-state index contributed by atoms with van der Waals surface area (Å²) in [5.74, 6) is -0.408. The van der Waals surface area contributed by atoms with Crippen LogP contribution in [0.25, 0.3) is 0 Å². The van der Waals surface area contributed by atoms with E-state index in [0.717, 1.165) is 5.56 Å². The van der Waals surface area contributed by atoms with Crippen molar-refractivity contribution >= 4 is 23.6 Å². The SMILES string of the molecule is NC(=O)C1CCN(C(=O)OCCc2ccc(Cl)cc2)CC1. The highest BCUT2D eigenvalue weighted by Crippen LogP contribution is 2.17. The molecule has 1 saturated heterocycles. The van der Waals surface area contributed by atoms with Gasteiger partial charge in [0.05, 0.1) is 6.61 Å². The number of hydrogen-bond acceptors (Lipinski definition) is 3. The normalized spacial score (nSPS) is 15.8. The lowest BCUT2D eigenvalue weighted by Gasteiger charge is -2.29. The first-order valence-corrected chi connectivity index (χ1v) is 7.39. The number of primary amides is 1. The van der Waals surface area contributed by atoms with Gasteiger partial charge in [0, 0.05) is 30.5 Å². The van der Waals surface area contributed by atoms with Crippen LogP contribution in [0.3, 0.4) is 0 Å². The Morgan fingerprint density at radius 3 is 2.43 bits per heavy atom. The van der Waals surface area contributed by atoms with Gasteiger partial charge in [-0.05, 0) is 30.5 Å². The van der Waals surface area contributed by atoms with Crippen molar-refractivity contribution < 1.29 is 14.3 Å². The third-order valence-corrected chi connectivity index (χ3v) is 3.94. The molecule has 1 aromatic rings. The average Bonchev–Trinajstić information content (AvgIpc) is 2.49. The van der Waals surface area contributed by atoms with Crippen LogP contribution in [-0.2, 0) is 16.0 Å². The van der Waals surface area contributed by atoms with Crippen molar-refractivity contribution in [3.8, 4) is 0 Å². The number of carbonyl (C=O) groups excluding carboxylic acids is 2. The molecule has 0 aromatic heterocycles. The van der Waals surface area contributed by atoms with Gasteiger partial charge in [-0.2, -0.15) is 0 Å². The fourth-order valence-electron chi connectivity index (χ4n) is 2.35. The van der Waals surface area contributed by atoms with E-state index in [1.807, 2.05) is 24.3 Å². The minimum atomic E-state index is -0.327. The molecular weight excluding hydrogens is 292 g/mol. The quantitative estimate of drug-likeness (QED) is 0.926. The molecule has 2 rings (SSSR count). The Balaban J connectivity index is 1.70. The topological polar surface area (TPSA) is 72.6 Å². The van der Waals surface area contributed by atoms with Crippen LogP contribution in [0.1, 0.15) is 18.4 Å². The van der Waals surface area contributed by atoms with Gasteiger partial charge in [0.2, 0.25) is 5.91 Å². The molecule has 0 radical (unpaired) electrons. The second-order valence-corrected chi connectivity index (χ2v) is 5.59. The molecule has 1 aliphatic heterocycles. The van der Waals surface area contributed by atoms with E-state index in [1.54, 1.807) is 4.90 Å². The van der Waals surface area contributed by atoms with E-state index < -0.39 is 0 Å². The van der Waals surface area contributed by atoms with E-state index >= 15 is 0 Å². The van der Waals surface area contributed by atoms with Gasteiger partial charge >= 0.3 is 6.09 Å². The summed E-state index contributed by atoms with van der Waals surface area (Å²) in [5.41, 5.74) is 6.33. The van der Waals surface area contributed by atoms with E-state index in [-0.39, 0.29) is 17.9 Å².